The van der Waals surface area contributed by atoms with Crippen LogP contribution in [0.4, 0.5) is 0 Å². The second kappa shape index (κ2) is 3.90. The van der Waals surface area contributed by atoms with E-state index in [1.54, 1.807) is 0 Å². The molecule has 2 unspecified atom stereocenters. The van der Waals surface area contributed by atoms with E-state index < -0.39 is 0 Å². The van der Waals surface area contributed by atoms with Crippen molar-refractivity contribution < 1.29 is 9.90 Å². The Morgan fingerprint density at radius 1 is 1.67 bits per heavy atom. The first-order valence-corrected chi connectivity index (χ1v) is 4.61. The molecule has 0 aliphatic carbocycles. The van der Waals surface area contributed by atoms with Gasteiger partial charge in [0.25, 0.3) is 0 Å². The lowest BCUT2D eigenvalue weighted by Crippen LogP contribution is -2.38. The predicted molar refractivity (Wildman–Crippen MR) is 46.7 cm³/mol. The minimum atomic E-state index is -0.344. The third-order valence-corrected chi connectivity index (χ3v) is 2.76. The minimum Gasteiger partial charge on any atom is -0.387 e. The second-order valence-electron chi connectivity index (χ2n) is 3.49. The summed E-state index contributed by atoms with van der Waals surface area (Å²) in [4.78, 5) is 13.0. The van der Waals surface area contributed by atoms with E-state index in [1.165, 1.54) is 0 Å². The van der Waals surface area contributed by atoms with Crippen molar-refractivity contribution in [2.45, 2.75) is 32.7 Å². The molecule has 0 aromatic rings. The lowest BCUT2D eigenvalue weighted by Gasteiger charge is -2.24. The average Bonchev–Trinajstić information content (AvgIpc) is 2.45. The number of hydrogen-bond donors (Lipinski definition) is 1. The number of amides is 1. The smallest absolute Gasteiger partial charge is 0.248 e. The first-order valence-electron chi connectivity index (χ1n) is 4.61. The van der Waals surface area contributed by atoms with Gasteiger partial charge in [-0.1, -0.05) is 13.8 Å². The lowest BCUT2D eigenvalue weighted by molar-refractivity contribution is -0.135. The van der Waals surface area contributed by atoms with Crippen molar-refractivity contribution in [2.75, 3.05) is 13.2 Å². The summed E-state index contributed by atoms with van der Waals surface area (Å²) in [5.74, 6) is 0.469. The molecule has 1 saturated heterocycles. The van der Waals surface area contributed by atoms with Crippen molar-refractivity contribution in [3.05, 3.63) is 0 Å². The fourth-order valence-corrected chi connectivity index (χ4v) is 2.03. The molecule has 0 aromatic heterocycles. The van der Waals surface area contributed by atoms with Crippen LogP contribution in [0.25, 0.3) is 0 Å². The van der Waals surface area contributed by atoms with Crippen molar-refractivity contribution in [1.29, 1.82) is 0 Å². The molecule has 0 saturated carbocycles. The zero-order valence-electron chi connectivity index (χ0n) is 7.79. The van der Waals surface area contributed by atoms with E-state index >= 15 is 0 Å². The molecule has 0 bridgehead atoms. The number of rotatable bonds is 2. The fourth-order valence-electron chi connectivity index (χ4n) is 2.03. The van der Waals surface area contributed by atoms with Gasteiger partial charge in [0.15, 0.2) is 0 Å². The van der Waals surface area contributed by atoms with Crippen molar-refractivity contribution in [3.8, 4) is 0 Å². The maximum Gasteiger partial charge on any atom is 0.248 e. The minimum absolute atomic E-state index is 0.119. The van der Waals surface area contributed by atoms with Crippen LogP contribution in [0.15, 0.2) is 0 Å². The number of nitrogens with zero attached hydrogens (tertiary/aromatic N) is 1. The Hall–Kier alpha value is -0.570. The normalized spacial score (nSPS) is 29.4. The van der Waals surface area contributed by atoms with Crippen LogP contribution in [0, 0.1) is 5.92 Å². The van der Waals surface area contributed by atoms with E-state index in [1.807, 2.05) is 4.90 Å². The number of aliphatic hydroxyl groups excluding tert-OH is 1. The summed E-state index contributed by atoms with van der Waals surface area (Å²) < 4.78 is 0. The van der Waals surface area contributed by atoms with Gasteiger partial charge in [0.05, 0.1) is 0 Å². The number of hydrogen-bond acceptors (Lipinski definition) is 2. The van der Waals surface area contributed by atoms with Gasteiger partial charge in [0.1, 0.15) is 6.61 Å². The molecule has 1 heterocycles. The molecule has 12 heavy (non-hydrogen) atoms. The quantitative estimate of drug-likeness (QED) is 0.662. The standard InChI is InChI=1S/C9H17NO2/c1-3-8-7(2)4-5-10(8)9(12)6-11/h7-8,11H,3-6H2,1-2H3. The predicted octanol–water partition coefficient (Wildman–Crippen LogP) is 0.626. The molecule has 0 aromatic carbocycles. The molecule has 3 heteroatoms. The van der Waals surface area contributed by atoms with E-state index in [0.29, 0.717) is 12.0 Å². The molecule has 1 amide bonds. The maximum atomic E-state index is 11.2. The van der Waals surface area contributed by atoms with E-state index in [4.69, 9.17) is 5.11 Å². The number of carbonyl (C=O) groups excluding carboxylic acids is 1. The highest BCUT2D eigenvalue weighted by atomic mass is 16.3. The molecule has 1 fully saturated rings. The van der Waals surface area contributed by atoms with Gasteiger partial charge in [0, 0.05) is 12.6 Å². The van der Waals surface area contributed by atoms with Gasteiger partial charge in [-0.3, -0.25) is 4.79 Å². The third kappa shape index (κ3) is 1.61. The van der Waals surface area contributed by atoms with Crippen LogP contribution in [0.5, 0.6) is 0 Å². The molecule has 70 valence electrons. The van der Waals surface area contributed by atoms with Crippen LogP contribution < -0.4 is 0 Å². The van der Waals surface area contributed by atoms with Gasteiger partial charge >= 0.3 is 0 Å². The number of likely N-dealkylation sites (tertiary alicyclic amines) is 1. The molecule has 0 spiro atoms. The third-order valence-electron chi connectivity index (χ3n) is 2.76. The van der Waals surface area contributed by atoms with Crippen molar-refractivity contribution in [3.63, 3.8) is 0 Å². The summed E-state index contributed by atoms with van der Waals surface area (Å²) in [5, 5.41) is 8.70. The monoisotopic (exact) mass is 171 g/mol. The summed E-state index contributed by atoms with van der Waals surface area (Å²) in [6, 6.07) is 0.352. The molecule has 3 nitrogen and oxygen atoms in total. The zero-order chi connectivity index (χ0) is 9.14. The van der Waals surface area contributed by atoms with E-state index in [9.17, 15) is 4.79 Å². The Labute approximate surface area is 73.4 Å². The van der Waals surface area contributed by atoms with Crippen LogP contribution in [0.2, 0.25) is 0 Å². The topological polar surface area (TPSA) is 40.5 Å². The van der Waals surface area contributed by atoms with Gasteiger partial charge in [-0.2, -0.15) is 0 Å². The van der Waals surface area contributed by atoms with Crippen LogP contribution >= 0.6 is 0 Å². The van der Waals surface area contributed by atoms with Crippen molar-refractivity contribution >= 4 is 5.91 Å². The Morgan fingerprint density at radius 2 is 2.33 bits per heavy atom. The van der Waals surface area contributed by atoms with Crippen LogP contribution in [0.1, 0.15) is 26.7 Å². The van der Waals surface area contributed by atoms with Crippen molar-refractivity contribution in [1.82, 2.24) is 4.90 Å². The molecule has 0 radical (unpaired) electrons. The molecular weight excluding hydrogens is 154 g/mol. The maximum absolute atomic E-state index is 11.2. The largest absolute Gasteiger partial charge is 0.387 e. The summed E-state index contributed by atoms with van der Waals surface area (Å²) in [6.45, 7) is 4.73. The van der Waals surface area contributed by atoms with Crippen LogP contribution in [-0.2, 0) is 4.79 Å². The highest BCUT2D eigenvalue weighted by Crippen LogP contribution is 2.25. The fraction of sp³-hybridized carbons (Fsp3) is 0.889. The van der Waals surface area contributed by atoms with E-state index in [-0.39, 0.29) is 12.5 Å². The molecule has 2 atom stereocenters. The Bertz CT molecular complexity index is 170. The molecule has 1 rings (SSSR count). The first-order chi connectivity index (χ1) is 5.70. The molecular formula is C9H17NO2. The highest BCUT2D eigenvalue weighted by Gasteiger charge is 2.32. The summed E-state index contributed by atoms with van der Waals surface area (Å²) >= 11 is 0. The Kier molecular flexibility index (Phi) is 3.09. The van der Waals surface area contributed by atoms with Gasteiger partial charge in [-0.05, 0) is 18.8 Å². The van der Waals surface area contributed by atoms with E-state index in [2.05, 4.69) is 13.8 Å². The Balaban J connectivity index is 2.60. The number of carbonyl (C=O) groups is 1. The zero-order valence-corrected chi connectivity index (χ0v) is 7.79. The highest BCUT2D eigenvalue weighted by molar-refractivity contribution is 5.77. The molecule has 1 aliphatic rings. The van der Waals surface area contributed by atoms with Crippen LogP contribution in [0.3, 0.4) is 0 Å². The second-order valence-corrected chi connectivity index (χ2v) is 3.49. The van der Waals surface area contributed by atoms with Gasteiger partial charge in [0.2, 0.25) is 5.91 Å². The number of aliphatic hydroxyl groups is 1. The first kappa shape index (κ1) is 9.52. The average molecular weight is 171 g/mol. The SMILES string of the molecule is CCC1C(C)CCN1C(=O)CO. The van der Waals surface area contributed by atoms with Gasteiger partial charge < -0.3 is 10.0 Å². The summed E-state index contributed by atoms with van der Waals surface area (Å²) in [6.07, 6.45) is 2.07. The van der Waals surface area contributed by atoms with Crippen LogP contribution in [-0.4, -0.2) is 35.1 Å². The molecule has 1 N–H and O–H groups in total. The summed E-state index contributed by atoms with van der Waals surface area (Å²) in [5.41, 5.74) is 0. The Morgan fingerprint density at radius 3 is 2.83 bits per heavy atom. The summed E-state index contributed by atoms with van der Waals surface area (Å²) in [7, 11) is 0. The van der Waals surface area contributed by atoms with Gasteiger partial charge in [-0.15, -0.1) is 0 Å². The van der Waals surface area contributed by atoms with E-state index in [0.717, 1.165) is 19.4 Å². The lowest BCUT2D eigenvalue weighted by atomic mass is 10.0. The van der Waals surface area contributed by atoms with Gasteiger partial charge in [-0.25, -0.2) is 0 Å². The molecule has 1 aliphatic heterocycles. The van der Waals surface area contributed by atoms with Crippen molar-refractivity contribution in [2.24, 2.45) is 5.92 Å².